The molecule has 3 rings (SSSR count). The molecule has 6 heteroatoms. The van der Waals surface area contributed by atoms with Crippen molar-refractivity contribution in [2.75, 3.05) is 0 Å². The van der Waals surface area contributed by atoms with Gasteiger partial charge in [-0.1, -0.05) is 13.8 Å². The van der Waals surface area contributed by atoms with E-state index in [4.69, 9.17) is 17.0 Å². The summed E-state index contributed by atoms with van der Waals surface area (Å²) in [6, 6.07) is 0. The van der Waals surface area contributed by atoms with Crippen LogP contribution in [0.4, 0.5) is 0 Å². The van der Waals surface area contributed by atoms with Gasteiger partial charge in [-0.3, -0.25) is 9.36 Å². The van der Waals surface area contributed by atoms with Crippen molar-refractivity contribution in [3.63, 3.8) is 0 Å². The predicted molar refractivity (Wildman–Crippen MR) is 88.7 cm³/mol. The molecule has 0 aliphatic carbocycles. The van der Waals surface area contributed by atoms with Gasteiger partial charge in [0.25, 0.3) is 5.56 Å². The molecular formula is C15H20N2O2S2. The normalized spacial score (nSPS) is 17.4. The van der Waals surface area contributed by atoms with Gasteiger partial charge in [-0.2, -0.15) is 0 Å². The lowest BCUT2D eigenvalue weighted by Crippen LogP contribution is -2.32. The molecular weight excluding hydrogens is 304 g/mol. The molecule has 0 saturated carbocycles. The Morgan fingerprint density at radius 3 is 2.86 bits per heavy atom. The summed E-state index contributed by atoms with van der Waals surface area (Å²) in [6.07, 6.45) is 0.768. The van der Waals surface area contributed by atoms with E-state index in [9.17, 15) is 4.79 Å². The third-order valence-corrected chi connectivity index (χ3v) is 5.20. The van der Waals surface area contributed by atoms with Crippen LogP contribution in [0.2, 0.25) is 0 Å². The maximum Gasteiger partial charge on any atom is 0.263 e. The van der Waals surface area contributed by atoms with E-state index in [1.807, 2.05) is 0 Å². The summed E-state index contributed by atoms with van der Waals surface area (Å²) in [5.41, 5.74) is 0.959. The van der Waals surface area contributed by atoms with Gasteiger partial charge in [0.15, 0.2) is 4.77 Å². The molecule has 2 aromatic heterocycles. The van der Waals surface area contributed by atoms with Crippen LogP contribution in [-0.4, -0.2) is 15.2 Å². The van der Waals surface area contributed by atoms with E-state index in [-0.39, 0.29) is 11.2 Å². The van der Waals surface area contributed by atoms with Crippen LogP contribution in [0.25, 0.3) is 10.2 Å². The van der Waals surface area contributed by atoms with Gasteiger partial charge in [-0.05, 0) is 37.5 Å². The van der Waals surface area contributed by atoms with Crippen LogP contribution in [0.5, 0.6) is 0 Å². The van der Waals surface area contributed by atoms with Crippen molar-refractivity contribution in [2.24, 2.45) is 5.92 Å². The molecule has 0 unspecified atom stereocenters. The van der Waals surface area contributed by atoms with Gasteiger partial charge in [-0.15, -0.1) is 11.3 Å². The van der Waals surface area contributed by atoms with Gasteiger partial charge in [0.2, 0.25) is 0 Å². The Morgan fingerprint density at radius 1 is 1.48 bits per heavy atom. The number of aromatic nitrogens is 2. The Bertz CT molecular complexity index is 811. The summed E-state index contributed by atoms with van der Waals surface area (Å²) in [5.74, 6) is 0.379. The lowest BCUT2D eigenvalue weighted by molar-refractivity contribution is -0.0379. The Balaban J connectivity index is 2.27. The van der Waals surface area contributed by atoms with Crippen LogP contribution in [0.3, 0.4) is 0 Å². The maximum absolute atomic E-state index is 12.9. The van der Waals surface area contributed by atoms with Crippen LogP contribution in [0, 0.1) is 10.7 Å². The second kappa shape index (κ2) is 5.04. The minimum Gasteiger partial charge on any atom is -0.370 e. The lowest BCUT2D eigenvalue weighted by atomic mass is 9.94. The fourth-order valence-corrected chi connectivity index (χ4v) is 4.24. The molecule has 0 radical (unpaired) electrons. The van der Waals surface area contributed by atoms with E-state index >= 15 is 0 Å². The topological polar surface area (TPSA) is 47.0 Å². The van der Waals surface area contributed by atoms with Crippen molar-refractivity contribution >= 4 is 33.8 Å². The number of hydrogen-bond acceptors (Lipinski definition) is 4. The molecule has 0 saturated heterocycles. The summed E-state index contributed by atoms with van der Waals surface area (Å²) < 4.78 is 8.05. The zero-order valence-electron chi connectivity index (χ0n) is 12.8. The molecule has 0 aromatic carbocycles. The number of H-pyrrole nitrogens is 1. The van der Waals surface area contributed by atoms with Crippen molar-refractivity contribution in [1.29, 1.82) is 0 Å². The lowest BCUT2D eigenvalue weighted by Gasteiger charge is -2.29. The fourth-order valence-electron chi connectivity index (χ4n) is 2.79. The molecule has 114 valence electrons. The van der Waals surface area contributed by atoms with Crippen molar-refractivity contribution in [3.8, 4) is 0 Å². The summed E-state index contributed by atoms with van der Waals surface area (Å²) in [4.78, 5) is 18.1. The van der Waals surface area contributed by atoms with Crippen LogP contribution < -0.4 is 5.56 Å². The van der Waals surface area contributed by atoms with Crippen LogP contribution >= 0.6 is 23.6 Å². The Morgan fingerprint density at radius 2 is 2.19 bits per heavy atom. The number of rotatable bonds is 2. The Hall–Kier alpha value is -0.980. The number of nitrogens with one attached hydrogen (secondary N) is 1. The highest BCUT2D eigenvalue weighted by molar-refractivity contribution is 7.71. The molecule has 0 bridgehead atoms. The molecule has 1 N–H and O–H groups in total. The van der Waals surface area contributed by atoms with E-state index in [0.717, 1.165) is 27.1 Å². The van der Waals surface area contributed by atoms with E-state index in [1.54, 1.807) is 15.9 Å². The van der Waals surface area contributed by atoms with Crippen LogP contribution in [0.1, 0.15) is 38.1 Å². The average Bonchev–Trinajstić information content (AvgIpc) is 2.70. The molecule has 0 atom stereocenters. The molecule has 1 aliphatic heterocycles. The quantitative estimate of drug-likeness (QED) is 0.858. The number of nitrogens with zero attached hydrogens (tertiary/aromatic N) is 1. The minimum atomic E-state index is -0.219. The summed E-state index contributed by atoms with van der Waals surface area (Å²) in [7, 11) is 0. The van der Waals surface area contributed by atoms with Crippen LogP contribution in [-0.2, 0) is 24.3 Å². The predicted octanol–water partition coefficient (Wildman–Crippen LogP) is 3.63. The molecule has 2 aromatic rings. The second-order valence-corrected chi connectivity index (χ2v) is 8.16. The van der Waals surface area contributed by atoms with Crippen molar-refractivity contribution in [1.82, 2.24) is 9.55 Å². The van der Waals surface area contributed by atoms with Gasteiger partial charge < -0.3 is 9.72 Å². The first-order chi connectivity index (χ1) is 9.78. The zero-order chi connectivity index (χ0) is 15.4. The monoisotopic (exact) mass is 324 g/mol. The van der Waals surface area contributed by atoms with Gasteiger partial charge in [0.1, 0.15) is 4.83 Å². The first-order valence-electron chi connectivity index (χ1n) is 7.20. The molecule has 3 heterocycles. The number of fused-ring (bicyclic) bond motifs is 3. The van der Waals surface area contributed by atoms with Crippen molar-refractivity contribution in [3.05, 3.63) is 25.6 Å². The standard InChI is InChI=1S/C15H20N2O2S2/c1-8(2)6-17-13(18)11-9-5-15(3,4)19-7-10(9)21-12(11)16-14(17)20/h8H,5-7H2,1-4H3,(H,16,20). The van der Waals surface area contributed by atoms with Gasteiger partial charge in [-0.25, -0.2) is 0 Å². The molecule has 21 heavy (non-hydrogen) atoms. The average molecular weight is 324 g/mol. The van der Waals surface area contributed by atoms with Gasteiger partial charge in [0, 0.05) is 17.8 Å². The number of ether oxygens (including phenoxy) is 1. The van der Waals surface area contributed by atoms with Gasteiger partial charge in [0.05, 0.1) is 17.6 Å². The highest BCUT2D eigenvalue weighted by atomic mass is 32.1. The third-order valence-electron chi connectivity index (χ3n) is 3.76. The molecule has 0 spiro atoms. The maximum atomic E-state index is 12.9. The molecule has 1 aliphatic rings. The number of aromatic amines is 1. The molecule has 0 amide bonds. The largest absolute Gasteiger partial charge is 0.370 e. The highest BCUT2D eigenvalue weighted by Gasteiger charge is 2.30. The first-order valence-corrected chi connectivity index (χ1v) is 8.42. The number of hydrogen-bond donors (Lipinski definition) is 1. The third kappa shape index (κ3) is 2.60. The first kappa shape index (κ1) is 14.9. The molecule has 0 fully saturated rings. The molecule has 4 nitrogen and oxygen atoms in total. The van der Waals surface area contributed by atoms with E-state index in [1.165, 1.54) is 0 Å². The Labute approximate surface area is 132 Å². The van der Waals surface area contributed by atoms with Crippen molar-refractivity contribution in [2.45, 2.75) is 52.9 Å². The summed E-state index contributed by atoms with van der Waals surface area (Å²) in [5, 5.41) is 0.806. The van der Waals surface area contributed by atoms with Crippen LogP contribution in [0.15, 0.2) is 4.79 Å². The summed E-state index contributed by atoms with van der Waals surface area (Å²) in [6.45, 7) is 9.53. The van der Waals surface area contributed by atoms with Crippen molar-refractivity contribution < 1.29 is 4.74 Å². The second-order valence-electron chi connectivity index (χ2n) is 6.67. The fraction of sp³-hybridized carbons (Fsp3) is 0.600. The number of thiophene rings is 1. The SMILES string of the molecule is CC(C)Cn1c(=S)[nH]c2sc3c(c2c1=O)CC(C)(C)OC3. The van der Waals surface area contributed by atoms with E-state index in [2.05, 4.69) is 32.7 Å². The van der Waals surface area contributed by atoms with E-state index in [0.29, 0.717) is 23.8 Å². The minimum absolute atomic E-state index is 0.0395. The Kier molecular flexibility index (Phi) is 3.58. The van der Waals surface area contributed by atoms with Gasteiger partial charge >= 0.3 is 0 Å². The zero-order valence-corrected chi connectivity index (χ0v) is 14.4. The summed E-state index contributed by atoms with van der Waals surface area (Å²) >= 11 is 6.95. The smallest absolute Gasteiger partial charge is 0.263 e. The highest BCUT2D eigenvalue weighted by Crippen LogP contribution is 2.36. The van der Waals surface area contributed by atoms with E-state index < -0.39 is 0 Å².